The summed E-state index contributed by atoms with van der Waals surface area (Å²) in [7, 11) is 0. The van der Waals surface area contributed by atoms with E-state index in [1.807, 2.05) is 0 Å². The van der Waals surface area contributed by atoms with Crippen molar-refractivity contribution in [3.05, 3.63) is 0 Å². The molecular formula is C18H8F26N2O3. The first-order valence-electron chi connectivity index (χ1n) is 11.7. The number of nitrogens with zero attached hydrogens (tertiary/aromatic N) is 2. The molecule has 0 aromatic heterocycles. The second-order valence-electron chi connectivity index (χ2n) is 10.1. The van der Waals surface area contributed by atoms with Crippen molar-refractivity contribution in [3.8, 4) is 0 Å². The van der Waals surface area contributed by atoms with Crippen LogP contribution in [-0.4, -0.2) is 107 Å². The molecule has 290 valence electrons. The molecule has 49 heavy (non-hydrogen) atoms. The summed E-state index contributed by atoms with van der Waals surface area (Å²) in [5.74, 6) is -14.1. The Morgan fingerprint density at radius 3 is 0.796 bits per heavy atom. The molecule has 3 fully saturated rings. The zero-order valence-corrected chi connectivity index (χ0v) is 21.7. The Balaban J connectivity index is 2.16. The average Bonchev–Trinajstić information content (AvgIpc) is 3.32. The molecule has 3 heterocycles. The van der Waals surface area contributed by atoms with E-state index in [2.05, 4.69) is 4.74 Å². The molecule has 0 amide bonds. The lowest BCUT2D eigenvalue weighted by molar-refractivity contribution is -0.577. The Morgan fingerprint density at radius 1 is 0.408 bits per heavy atom. The van der Waals surface area contributed by atoms with E-state index in [9.17, 15) is 96.6 Å². The minimum atomic E-state index is -7.62. The summed E-state index contributed by atoms with van der Waals surface area (Å²) in [4.78, 5) is -7.81. The highest BCUT2D eigenvalue weighted by Crippen LogP contribution is 2.62. The summed E-state index contributed by atoms with van der Waals surface area (Å²) in [6.45, 7) is 0. The fraction of sp³-hybridized carbons (Fsp3) is 1.00. The van der Waals surface area contributed by atoms with Crippen LogP contribution in [0.2, 0.25) is 0 Å². The topological polar surface area (TPSA) is 34.2 Å². The quantitative estimate of drug-likeness (QED) is 0.201. The molecule has 3 aliphatic rings. The molecule has 0 bridgehead atoms. The monoisotopic (exact) mass is 794 g/mol. The first-order valence-corrected chi connectivity index (χ1v) is 11.7. The second kappa shape index (κ2) is 10.8. The van der Waals surface area contributed by atoms with Gasteiger partial charge in [0.1, 0.15) is 12.2 Å². The van der Waals surface area contributed by atoms with E-state index in [1.165, 1.54) is 0 Å². The van der Waals surface area contributed by atoms with Crippen molar-refractivity contribution in [2.75, 3.05) is 0 Å². The van der Waals surface area contributed by atoms with Crippen molar-refractivity contribution < 1.29 is 128 Å². The Kier molecular flexibility index (Phi) is 9.09. The fourth-order valence-corrected chi connectivity index (χ4v) is 4.76. The highest BCUT2D eigenvalue weighted by Gasteiger charge is 2.90. The number of alkyl halides is 26. The van der Waals surface area contributed by atoms with E-state index in [4.69, 9.17) is 0 Å². The summed E-state index contributed by atoms with van der Waals surface area (Å²) in [5, 5.41) is 0. The number of morpholine rings is 2. The largest absolute Gasteiger partial charge is 0.439 e. The van der Waals surface area contributed by atoms with Crippen LogP contribution in [0.5, 0.6) is 0 Å². The van der Waals surface area contributed by atoms with Crippen LogP contribution in [0.1, 0.15) is 12.8 Å². The molecule has 0 N–H and O–H groups in total. The molecule has 3 saturated heterocycles. The molecule has 31 heteroatoms. The minimum Gasteiger partial charge on any atom is -0.362 e. The van der Waals surface area contributed by atoms with Gasteiger partial charge >= 0.3 is 61.0 Å². The summed E-state index contributed by atoms with van der Waals surface area (Å²) in [6.07, 6.45) is -58.6. The summed E-state index contributed by atoms with van der Waals surface area (Å²) >= 11 is 0. The van der Waals surface area contributed by atoms with Crippen LogP contribution in [0, 0.1) is 0 Å². The highest BCUT2D eigenvalue weighted by molar-refractivity contribution is 5.10. The van der Waals surface area contributed by atoms with Gasteiger partial charge in [-0.1, -0.05) is 0 Å². The van der Waals surface area contributed by atoms with Crippen LogP contribution in [0.15, 0.2) is 0 Å². The third kappa shape index (κ3) is 5.88. The maximum atomic E-state index is 15.0. The molecular weight excluding hydrogens is 786 g/mol. The highest BCUT2D eigenvalue weighted by atomic mass is 19.4. The van der Waals surface area contributed by atoms with Crippen LogP contribution in [0.3, 0.4) is 0 Å². The van der Waals surface area contributed by atoms with Crippen LogP contribution in [0.4, 0.5) is 114 Å². The predicted molar refractivity (Wildman–Crippen MR) is 92.9 cm³/mol. The van der Waals surface area contributed by atoms with Crippen molar-refractivity contribution in [2.24, 2.45) is 0 Å². The van der Waals surface area contributed by atoms with E-state index in [0.717, 1.165) is 0 Å². The molecule has 0 aliphatic carbocycles. The van der Waals surface area contributed by atoms with Gasteiger partial charge in [-0.15, -0.1) is 9.80 Å². The maximum Gasteiger partial charge on any atom is 0.439 e. The lowest BCUT2D eigenvalue weighted by Gasteiger charge is -2.52. The van der Waals surface area contributed by atoms with Gasteiger partial charge in [-0.25, -0.2) is 27.0 Å². The van der Waals surface area contributed by atoms with Crippen molar-refractivity contribution in [2.45, 2.75) is 110 Å². The SMILES string of the molecule is FC(F)(F)C(N1C(F)(F)C(F)(F)OC(F)(F)C1(F)F)C(F)(F)C1CCC(C(F)(F)C(N2C(F)(F)C(F)(F)OC(F)(F)C2(F)F)C(F)(F)F)O1. The van der Waals surface area contributed by atoms with Crippen molar-refractivity contribution in [1.29, 1.82) is 0 Å². The Morgan fingerprint density at radius 2 is 0.612 bits per heavy atom. The fourth-order valence-electron chi connectivity index (χ4n) is 4.76. The summed E-state index contributed by atoms with van der Waals surface area (Å²) in [6, 6.07) is -43.3. The van der Waals surface area contributed by atoms with Gasteiger partial charge in [-0.3, -0.25) is 0 Å². The lowest BCUT2D eigenvalue weighted by atomic mass is 9.95. The molecule has 0 radical (unpaired) electrons. The standard InChI is InChI=1S/C18H8F26N2O3/c19-7(20,5(9(23,24)25)45-11(29,30)15(37,38)48-16(39,40)12(45,31)32)3-1-2-4(47-3)8(21,22)6(10(26,27)28)46-13(33,34)17(41,42)49-18(43,44)14(46,35)36/h3-6H,1-2H2. The van der Waals surface area contributed by atoms with Crippen molar-refractivity contribution in [1.82, 2.24) is 9.80 Å². The van der Waals surface area contributed by atoms with E-state index in [0.29, 0.717) is 0 Å². The smallest absolute Gasteiger partial charge is 0.362 e. The van der Waals surface area contributed by atoms with Crippen molar-refractivity contribution >= 4 is 0 Å². The first kappa shape index (κ1) is 41.4. The second-order valence-corrected chi connectivity index (χ2v) is 10.1. The van der Waals surface area contributed by atoms with E-state index in [-0.39, 0.29) is 0 Å². The number of rotatable bonds is 6. The number of hydrogen-bond donors (Lipinski definition) is 0. The molecule has 4 unspecified atom stereocenters. The molecule has 3 rings (SSSR count). The summed E-state index contributed by atoms with van der Waals surface area (Å²) < 4.78 is 370. The molecule has 0 saturated carbocycles. The van der Waals surface area contributed by atoms with Gasteiger partial charge in [-0.2, -0.15) is 96.6 Å². The molecule has 3 aliphatic heterocycles. The molecule has 0 aromatic rings. The van der Waals surface area contributed by atoms with Crippen LogP contribution in [-0.2, 0) is 14.2 Å². The van der Waals surface area contributed by atoms with Gasteiger partial charge in [0.25, 0.3) is 11.8 Å². The van der Waals surface area contributed by atoms with Gasteiger partial charge in [0.2, 0.25) is 0 Å². The van der Waals surface area contributed by atoms with Crippen LogP contribution < -0.4 is 0 Å². The zero-order chi connectivity index (χ0) is 39.0. The van der Waals surface area contributed by atoms with E-state index in [1.54, 1.807) is 9.47 Å². The number of halogens is 26. The molecule has 4 atom stereocenters. The third-order valence-corrected chi connectivity index (χ3v) is 6.87. The lowest BCUT2D eigenvalue weighted by Crippen LogP contribution is -2.80. The van der Waals surface area contributed by atoms with Gasteiger partial charge in [-0.05, 0) is 12.8 Å². The maximum absolute atomic E-state index is 15.0. The molecule has 0 aromatic carbocycles. The first-order chi connectivity index (χ1) is 21.1. The van der Waals surface area contributed by atoms with Gasteiger partial charge in [0.15, 0.2) is 12.1 Å². The Labute approximate surface area is 249 Å². The summed E-state index contributed by atoms with van der Waals surface area (Å²) in [5.41, 5.74) is 0. The molecule has 5 nitrogen and oxygen atoms in total. The minimum absolute atomic E-state index is 1.76. The zero-order valence-electron chi connectivity index (χ0n) is 21.7. The normalized spacial score (nSPS) is 32.4. The van der Waals surface area contributed by atoms with E-state index >= 15 is 17.6 Å². The van der Waals surface area contributed by atoms with Gasteiger partial charge in [0.05, 0.1) is 0 Å². The number of hydrogen-bond acceptors (Lipinski definition) is 5. The van der Waals surface area contributed by atoms with Crippen LogP contribution in [0.25, 0.3) is 0 Å². The van der Waals surface area contributed by atoms with Gasteiger partial charge < -0.3 is 4.74 Å². The Bertz CT molecular complexity index is 1110. The van der Waals surface area contributed by atoms with Crippen LogP contribution >= 0.6 is 0 Å². The average molecular weight is 794 g/mol. The molecule has 0 spiro atoms. The third-order valence-electron chi connectivity index (χ3n) is 6.87. The number of ether oxygens (including phenoxy) is 3. The Hall–Kier alpha value is -2.02. The van der Waals surface area contributed by atoms with Crippen molar-refractivity contribution in [3.63, 3.8) is 0 Å². The van der Waals surface area contributed by atoms with Gasteiger partial charge in [0, 0.05) is 0 Å². The predicted octanol–water partition coefficient (Wildman–Crippen LogP) is 8.07. The van der Waals surface area contributed by atoms with E-state index < -0.39 is 120 Å².